The van der Waals surface area contributed by atoms with Crippen LogP contribution in [-0.2, 0) is 4.57 Å². The van der Waals surface area contributed by atoms with Gasteiger partial charge in [0.15, 0.2) is 0 Å². The summed E-state index contributed by atoms with van der Waals surface area (Å²) in [5.74, 6) is 0. The van der Waals surface area contributed by atoms with Crippen molar-refractivity contribution in [2.75, 3.05) is 0 Å². The molecule has 0 aliphatic rings. The molecule has 0 aliphatic heterocycles. The van der Waals surface area contributed by atoms with Crippen LogP contribution in [0.2, 0.25) is 0 Å². The molecule has 0 saturated carbocycles. The van der Waals surface area contributed by atoms with Crippen LogP contribution < -0.4 is 59.1 Å². The zero-order valence-corrected chi connectivity index (χ0v) is 12.4. The largest absolute Gasteiger partial charge is 1.00 e. The molecule has 3 N–H and O–H groups in total. The van der Waals surface area contributed by atoms with Gasteiger partial charge >= 0.3 is 66.9 Å². The van der Waals surface area contributed by atoms with Gasteiger partial charge in [0, 0.05) is 0 Å². The van der Waals surface area contributed by atoms with Gasteiger partial charge in [0.2, 0.25) is 0 Å². The van der Waals surface area contributed by atoms with Crippen molar-refractivity contribution in [2.24, 2.45) is 0 Å². The first-order chi connectivity index (χ1) is 2.00. The van der Waals surface area contributed by atoms with E-state index in [1.54, 1.807) is 0 Å². The second-order valence-corrected chi connectivity index (χ2v) is 1.54. The van der Waals surface area contributed by atoms with Crippen LogP contribution in [0, 0.1) is 0 Å². The van der Waals surface area contributed by atoms with E-state index in [2.05, 4.69) is 0 Å². The zero-order chi connectivity index (χ0) is 4.50. The molecule has 0 heterocycles. The number of rotatable bonds is 0. The Bertz CT molecular complexity index is 72.2. The number of halogens is 2. The molecule has 0 amide bonds. The minimum Gasteiger partial charge on any atom is -1.00 e. The van der Waals surface area contributed by atoms with E-state index in [0.29, 0.717) is 0 Å². The van der Waals surface area contributed by atoms with Crippen LogP contribution in [0.4, 0.5) is 0 Å². The normalized spacial score (nSPS) is 6.56. The average Bonchev–Trinajstić information content (AvgIpc) is 0.722. The summed E-state index contributed by atoms with van der Waals surface area (Å²) in [6.07, 6.45) is 0. The van der Waals surface area contributed by atoms with Gasteiger partial charge in [0.1, 0.15) is 0 Å². The first kappa shape index (κ1) is 29.7. The number of hydrogen-bond donors (Lipinski definition) is 3. The quantitative estimate of drug-likeness (QED) is 0.301. The van der Waals surface area contributed by atoms with Crippen LogP contribution in [0.1, 0.15) is 2.85 Å². The molecule has 0 bridgehead atoms. The van der Waals surface area contributed by atoms with Crippen molar-refractivity contribution in [1.29, 1.82) is 0 Å². The summed E-state index contributed by atoms with van der Waals surface area (Å²) in [7, 11) is -4.64. The van der Waals surface area contributed by atoms with E-state index < -0.39 is 7.82 Å². The fourth-order valence-electron chi connectivity index (χ4n) is 0. The first-order valence-electron chi connectivity index (χ1n) is 0.783. The van der Waals surface area contributed by atoms with Crippen molar-refractivity contribution >= 4 is 37.2 Å². The molecule has 0 atom stereocenters. The second-order valence-electron chi connectivity index (χ2n) is 0.513. The van der Waals surface area contributed by atoms with Crippen molar-refractivity contribution in [1.82, 2.24) is 0 Å². The van der Waals surface area contributed by atoms with Crippen LogP contribution in [0.15, 0.2) is 0 Å². The van der Waals surface area contributed by atoms with E-state index in [9.17, 15) is 0 Å². The van der Waals surface area contributed by atoms with Crippen molar-refractivity contribution in [2.45, 2.75) is 0 Å². The SMILES string of the molecule is Br.Cl.O=P(O)(O)O.[H-].[H-].[Na+].[Na+]. The smallest absolute Gasteiger partial charge is 1.00 e. The summed E-state index contributed by atoms with van der Waals surface area (Å²) in [4.78, 5) is 21.6. The molecule has 0 unspecified atom stereocenters. The minimum absolute atomic E-state index is 0. The standard InChI is InChI=1S/BrH.ClH.2Na.H3O4P.2H/c;;;;1-5(2,3)4;;/h2*1H;;;(H3,1,2,3,4);;/q;;2*+1;;2*-1. The van der Waals surface area contributed by atoms with Crippen LogP contribution in [0.5, 0.6) is 0 Å². The van der Waals surface area contributed by atoms with E-state index >= 15 is 0 Å². The van der Waals surface area contributed by atoms with Gasteiger partial charge in [-0.2, -0.15) is 0 Å². The molecular formula is H7BrClNa2O4P. The van der Waals surface area contributed by atoms with Crippen LogP contribution in [-0.4, -0.2) is 14.7 Å². The summed E-state index contributed by atoms with van der Waals surface area (Å²) in [5, 5.41) is 0. The fraction of sp³-hybridized carbons (Fsp3) is 0. The van der Waals surface area contributed by atoms with Gasteiger partial charge in [-0.05, 0) is 0 Å². The Morgan fingerprint density at radius 3 is 1.11 bits per heavy atom. The monoisotopic (exact) mass is 262 g/mol. The minimum atomic E-state index is -4.64. The molecule has 0 saturated heterocycles. The van der Waals surface area contributed by atoms with Gasteiger partial charge < -0.3 is 17.5 Å². The van der Waals surface area contributed by atoms with Crippen LogP contribution in [0.25, 0.3) is 0 Å². The maximum Gasteiger partial charge on any atom is 1.00 e. The Kier molecular flexibility index (Phi) is 44.5. The van der Waals surface area contributed by atoms with E-state index in [-0.39, 0.29) is 91.4 Å². The number of phosphoric acid groups is 1. The Morgan fingerprint density at radius 1 is 1.11 bits per heavy atom. The van der Waals surface area contributed by atoms with E-state index in [0.717, 1.165) is 0 Å². The first-order valence-corrected chi connectivity index (χ1v) is 2.35. The summed E-state index contributed by atoms with van der Waals surface area (Å²) in [6.45, 7) is 0. The Hall–Kier alpha value is 2.88. The molecule has 4 nitrogen and oxygen atoms in total. The van der Waals surface area contributed by atoms with Crippen molar-refractivity contribution in [3.05, 3.63) is 0 Å². The molecule has 0 rings (SSSR count). The average molecular weight is 263 g/mol. The van der Waals surface area contributed by atoms with Crippen LogP contribution in [0.3, 0.4) is 0 Å². The predicted octanol–water partition coefficient (Wildman–Crippen LogP) is -5.70. The molecule has 0 spiro atoms. The van der Waals surface area contributed by atoms with Crippen molar-refractivity contribution in [3.63, 3.8) is 0 Å². The topological polar surface area (TPSA) is 77.8 Å². The fourth-order valence-corrected chi connectivity index (χ4v) is 0. The molecule has 9 heavy (non-hydrogen) atoms. The Labute approximate surface area is 117 Å². The van der Waals surface area contributed by atoms with Crippen LogP contribution >= 0.6 is 37.2 Å². The van der Waals surface area contributed by atoms with E-state index in [1.165, 1.54) is 0 Å². The summed E-state index contributed by atoms with van der Waals surface area (Å²) in [5.41, 5.74) is 0. The molecule has 9 heteroatoms. The maximum atomic E-state index is 8.88. The van der Waals surface area contributed by atoms with Gasteiger partial charge in [-0.15, -0.1) is 29.4 Å². The molecule has 0 radical (unpaired) electrons. The third-order valence-corrected chi connectivity index (χ3v) is 0. The predicted molar refractivity (Wildman–Crippen MR) is 34.1 cm³/mol. The second kappa shape index (κ2) is 13.5. The summed E-state index contributed by atoms with van der Waals surface area (Å²) in [6, 6.07) is 0. The van der Waals surface area contributed by atoms with Gasteiger partial charge in [-0.1, -0.05) is 0 Å². The van der Waals surface area contributed by atoms with E-state index in [1.807, 2.05) is 0 Å². The van der Waals surface area contributed by atoms with Gasteiger partial charge in [0.05, 0.1) is 0 Å². The van der Waals surface area contributed by atoms with E-state index in [4.69, 9.17) is 19.2 Å². The third kappa shape index (κ3) is 103. The van der Waals surface area contributed by atoms with Gasteiger partial charge in [0.25, 0.3) is 0 Å². The number of hydrogen-bond acceptors (Lipinski definition) is 1. The van der Waals surface area contributed by atoms with Crippen molar-refractivity contribution < 1.29 is 81.2 Å². The Balaban J connectivity index is -0.00000000533. The maximum absolute atomic E-state index is 8.88. The third-order valence-electron chi connectivity index (χ3n) is 0. The Morgan fingerprint density at radius 2 is 1.11 bits per heavy atom. The molecule has 0 aliphatic carbocycles. The molecule has 0 aromatic carbocycles. The molecule has 0 aromatic rings. The molecule has 0 fully saturated rings. The molecule has 0 aromatic heterocycles. The molecule has 52 valence electrons. The zero-order valence-electron chi connectivity index (χ0n) is 7.01. The van der Waals surface area contributed by atoms with Gasteiger partial charge in [-0.25, -0.2) is 4.57 Å². The summed E-state index contributed by atoms with van der Waals surface area (Å²) < 4.78 is 8.88. The van der Waals surface area contributed by atoms with Crippen molar-refractivity contribution in [3.8, 4) is 0 Å². The molecular weight excluding hydrogens is 256 g/mol. The summed E-state index contributed by atoms with van der Waals surface area (Å²) >= 11 is 0. The van der Waals surface area contributed by atoms with Gasteiger partial charge in [-0.3, -0.25) is 0 Å².